The quantitative estimate of drug-likeness (QED) is 0.117. The van der Waals surface area contributed by atoms with Crippen molar-refractivity contribution in [2.45, 2.75) is 11.9 Å². The lowest BCUT2D eigenvalue weighted by molar-refractivity contribution is 0.0591. The average molecular weight is 792 g/mol. The maximum Gasteiger partial charge on any atom is 0.337 e. The fraction of sp³-hybridized carbons (Fsp3) is 0.188. The molecule has 0 spiro atoms. The van der Waals surface area contributed by atoms with Crippen LogP contribution in [-0.2, 0) is 41.4 Å². The number of methoxy groups -OCH3 is 2. The Labute approximate surface area is 289 Å². The van der Waals surface area contributed by atoms with Crippen LogP contribution in [0.4, 0.5) is 28.9 Å². The molecule has 0 unspecified atom stereocenters. The molecule has 0 heterocycles. The van der Waals surface area contributed by atoms with Crippen molar-refractivity contribution in [3.05, 3.63) is 130 Å². The van der Waals surface area contributed by atoms with Gasteiger partial charge in [0.15, 0.2) is 0 Å². The summed E-state index contributed by atoms with van der Waals surface area (Å²) in [6, 6.07) is 17.8. The third-order valence-electron chi connectivity index (χ3n) is 6.07. The summed E-state index contributed by atoms with van der Waals surface area (Å²) in [5.41, 5.74) is 1.40. The van der Waals surface area contributed by atoms with Crippen molar-refractivity contribution in [3.8, 4) is 0 Å². The van der Waals surface area contributed by atoms with Gasteiger partial charge < -0.3 is 9.47 Å². The number of ether oxygens (including phenoxy) is 2. The van der Waals surface area contributed by atoms with Crippen LogP contribution >= 0.6 is 15.9 Å². The van der Waals surface area contributed by atoms with Crippen molar-refractivity contribution in [2.75, 3.05) is 35.8 Å². The Morgan fingerprint density at radius 3 is 1.49 bits per heavy atom. The van der Waals surface area contributed by atoms with E-state index in [1.54, 1.807) is 6.07 Å². The topological polar surface area (TPSA) is 136 Å². The van der Waals surface area contributed by atoms with Crippen LogP contribution in [0.1, 0.15) is 31.8 Å². The van der Waals surface area contributed by atoms with Gasteiger partial charge in [-0.25, -0.2) is 44.0 Å². The van der Waals surface area contributed by atoms with Crippen molar-refractivity contribution < 1.29 is 53.5 Å². The lowest BCUT2D eigenvalue weighted by Gasteiger charge is -2.23. The molecular formula is C32H31BrF4N2O8S2. The molecule has 17 heteroatoms. The minimum Gasteiger partial charge on any atom is -0.465 e. The van der Waals surface area contributed by atoms with Gasteiger partial charge in [0.1, 0.15) is 23.3 Å². The molecule has 4 rings (SSSR count). The molecule has 0 saturated carbocycles. The van der Waals surface area contributed by atoms with E-state index in [4.69, 9.17) is 0 Å². The van der Waals surface area contributed by atoms with Gasteiger partial charge in [-0.15, -0.1) is 0 Å². The SMILES string of the molecule is COC(=O)c1ccc(CBr)c(F)c1.COC(=O)c1ccc(CN(c2ccc(F)cc2)S(C)(=O)=O)c(F)c1.CS(=O)(=O)Nc1ccc(F)cc1. The number of benzene rings is 4. The molecule has 49 heavy (non-hydrogen) atoms. The highest BCUT2D eigenvalue weighted by atomic mass is 79.9. The van der Waals surface area contributed by atoms with Crippen molar-refractivity contribution in [2.24, 2.45) is 0 Å². The molecule has 0 amide bonds. The van der Waals surface area contributed by atoms with E-state index in [1.807, 2.05) is 0 Å². The number of carbonyl (C=O) groups excluding carboxylic acids is 2. The normalized spacial score (nSPS) is 10.8. The first-order valence-corrected chi connectivity index (χ1v) is 18.5. The van der Waals surface area contributed by atoms with E-state index >= 15 is 0 Å². The van der Waals surface area contributed by atoms with Gasteiger partial charge in [-0.05, 0) is 78.4 Å². The number of carbonyl (C=O) groups is 2. The van der Waals surface area contributed by atoms with E-state index < -0.39 is 55.3 Å². The highest BCUT2D eigenvalue weighted by Gasteiger charge is 2.20. The van der Waals surface area contributed by atoms with Crippen LogP contribution in [0.15, 0.2) is 84.9 Å². The van der Waals surface area contributed by atoms with Crippen LogP contribution in [-0.4, -0.2) is 55.5 Å². The largest absolute Gasteiger partial charge is 0.465 e. The number of hydrogen-bond donors (Lipinski definition) is 1. The molecule has 0 radical (unpaired) electrons. The van der Waals surface area contributed by atoms with E-state index in [0.29, 0.717) is 16.6 Å². The minimum atomic E-state index is -3.72. The molecule has 0 fully saturated rings. The number of esters is 2. The van der Waals surface area contributed by atoms with Gasteiger partial charge >= 0.3 is 11.9 Å². The van der Waals surface area contributed by atoms with Crippen LogP contribution in [0.2, 0.25) is 0 Å². The van der Waals surface area contributed by atoms with E-state index in [9.17, 15) is 44.0 Å². The van der Waals surface area contributed by atoms with E-state index in [1.165, 1.54) is 74.9 Å². The number of anilines is 2. The molecule has 0 aliphatic rings. The second-order valence-electron chi connectivity index (χ2n) is 9.86. The van der Waals surface area contributed by atoms with Gasteiger partial charge in [0.05, 0.1) is 50.1 Å². The number of nitrogens with one attached hydrogen (secondary N) is 1. The van der Waals surface area contributed by atoms with Crippen molar-refractivity contribution >= 4 is 59.3 Å². The Bertz CT molecular complexity index is 1960. The monoisotopic (exact) mass is 790 g/mol. The van der Waals surface area contributed by atoms with Gasteiger partial charge in [0.25, 0.3) is 0 Å². The number of sulfonamides is 2. The highest BCUT2D eigenvalue weighted by molar-refractivity contribution is 9.08. The molecule has 4 aromatic carbocycles. The van der Waals surface area contributed by atoms with Gasteiger partial charge in [-0.2, -0.15) is 0 Å². The van der Waals surface area contributed by atoms with E-state index in [-0.39, 0.29) is 28.9 Å². The molecule has 0 aliphatic carbocycles. The summed E-state index contributed by atoms with van der Waals surface area (Å²) in [6.07, 6.45) is 2.01. The zero-order chi connectivity index (χ0) is 36.9. The second kappa shape index (κ2) is 18.3. The number of hydrogen-bond acceptors (Lipinski definition) is 8. The Morgan fingerprint density at radius 1 is 0.694 bits per heavy atom. The standard InChI is InChI=1S/C16H15F2NO4S.C9H8BrFO2.C7H8FNO2S/c1-23-16(20)11-3-4-12(15(18)9-11)10-19(24(2,21)22)14-7-5-13(17)6-8-14;1-13-9(12)6-2-3-7(5-10)8(11)4-6;1-12(10,11)9-7-4-2-6(8)3-5-7/h3-9H,10H2,1-2H3;2-4H,5H2,1H3;2-5,9H,1H3. The van der Waals surface area contributed by atoms with E-state index in [0.717, 1.165) is 35.0 Å². The molecule has 264 valence electrons. The number of nitrogens with zero attached hydrogens (tertiary/aromatic N) is 1. The zero-order valence-corrected chi connectivity index (χ0v) is 29.6. The predicted molar refractivity (Wildman–Crippen MR) is 180 cm³/mol. The first-order valence-electron chi connectivity index (χ1n) is 13.6. The number of alkyl halides is 1. The number of rotatable bonds is 9. The second-order valence-corrected chi connectivity index (χ2v) is 14.1. The van der Waals surface area contributed by atoms with Crippen LogP contribution < -0.4 is 9.03 Å². The first kappa shape index (κ1) is 40.7. The summed E-state index contributed by atoms with van der Waals surface area (Å²) < 4.78 is 110. The molecule has 0 aromatic heterocycles. The summed E-state index contributed by atoms with van der Waals surface area (Å²) >= 11 is 3.13. The summed E-state index contributed by atoms with van der Waals surface area (Å²) in [7, 11) is -4.55. The fourth-order valence-corrected chi connectivity index (χ4v) is 5.61. The zero-order valence-electron chi connectivity index (χ0n) is 26.4. The Morgan fingerprint density at radius 2 is 1.12 bits per heavy atom. The van der Waals surface area contributed by atoms with E-state index in [2.05, 4.69) is 30.1 Å². The van der Waals surface area contributed by atoms with Crippen LogP contribution in [0.25, 0.3) is 0 Å². The molecular weight excluding hydrogens is 760 g/mol. The molecule has 1 N–H and O–H groups in total. The van der Waals surface area contributed by atoms with Crippen LogP contribution in [0.5, 0.6) is 0 Å². The van der Waals surface area contributed by atoms with Crippen LogP contribution in [0, 0.1) is 23.3 Å². The maximum atomic E-state index is 14.2. The van der Waals surface area contributed by atoms with Gasteiger partial charge in [0.2, 0.25) is 20.0 Å². The first-order chi connectivity index (χ1) is 22.9. The third-order valence-corrected chi connectivity index (χ3v) is 8.42. The molecule has 0 aliphatic heterocycles. The van der Waals surface area contributed by atoms with Gasteiger partial charge in [-0.3, -0.25) is 9.03 Å². The Kier molecular flexibility index (Phi) is 15.2. The number of halogens is 5. The van der Waals surface area contributed by atoms with Gasteiger partial charge in [-0.1, -0.05) is 28.1 Å². The summed E-state index contributed by atoms with van der Waals surface area (Å²) in [4.78, 5) is 22.3. The van der Waals surface area contributed by atoms with Crippen molar-refractivity contribution in [1.29, 1.82) is 0 Å². The molecule has 0 saturated heterocycles. The molecule has 0 bridgehead atoms. The highest BCUT2D eigenvalue weighted by Crippen LogP contribution is 2.23. The Hall–Kier alpha value is -4.48. The lowest BCUT2D eigenvalue weighted by Crippen LogP contribution is -2.29. The summed E-state index contributed by atoms with van der Waals surface area (Å²) in [6.45, 7) is -0.294. The van der Waals surface area contributed by atoms with Crippen LogP contribution in [0.3, 0.4) is 0 Å². The fourth-order valence-electron chi connectivity index (χ4n) is 3.71. The molecule has 0 atom stereocenters. The molecule has 10 nitrogen and oxygen atoms in total. The third kappa shape index (κ3) is 13.5. The molecule has 4 aromatic rings. The smallest absolute Gasteiger partial charge is 0.337 e. The lowest BCUT2D eigenvalue weighted by atomic mass is 10.1. The van der Waals surface area contributed by atoms with Crippen molar-refractivity contribution in [3.63, 3.8) is 0 Å². The minimum absolute atomic E-state index is 0.0198. The Balaban J connectivity index is 0.000000281. The summed E-state index contributed by atoms with van der Waals surface area (Å²) in [5, 5.41) is 0.431. The predicted octanol–water partition coefficient (Wildman–Crippen LogP) is 6.42. The summed E-state index contributed by atoms with van der Waals surface area (Å²) in [5.74, 6) is -3.28. The average Bonchev–Trinajstić information content (AvgIpc) is 3.04. The van der Waals surface area contributed by atoms with Gasteiger partial charge in [0, 0.05) is 16.6 Å². The maximum absolute atomic E-state index is 14.2. The van der Waals surface area contributed by atoms with Crippen molar-refractivity contribution in [1.82, 2.24) is 0 Å².